The number of hydrogen-bond donors (Lipinski definition) is 1. The molecule has 1 rings (SSSR count). The van der Waals surface area contributed by atoms with Gasteiger partial charge in [-0.25, -0.2) is 4.39 Å². The summed E-state index contributed by atoms with van der Waals surface area (Å²) < 4.78 is 12.4. The highest BCUT2D eigenvalue weighted by molar-refractivity contribution is 5.55. The predicted molar refractivity (Wildman–Crippen MR) is 36.6 cm³/mol. The zero-order valence-corrected chi connectivity index (χ0v) is 5.85. The Morgan fingerprint density at radius 3 is 3.10 bits per heavy atom. The van der Waals surface area contributed by atoms with Crippen LogP contribution < -0.4 is 5.32 Å². The van der Waals surface area contributed by atoms with Gasteiger partial charge in [0.1, 0.15) is 0 Å². The first kappa shape index (κ1) is 7.66. The average Bonchev–Trinajstić information content (AvgIpc) is 2.40. The number of rotatable bonds is 3. The smallest absolute Gasteiger partial charge is 0.157 e. The highest BCUT2D eigenvalue weighted by Crippen LogP contribution is 2.11. The third kappa shape index (κ3) is 2.06. The number of nitrogens with one attached hydrogen (secondary N) is 1. The van der Waals surface area contributed by atoms with Gasteiger partial charge in [-0.05, 0) is 19.4 Å². The van der Waals surface area contributed by atoms with Crippen LogP contribution in [0.2, 0.25) is 0 Å². The number of halogens is 1. The van der Waals surface area contributed by atoms with Crippen LogP contribution in [-0.4, -0.2) is 25.0 Å². The van der Waals surface area contributed by atoms with E-state index in [4.69, 9.17) is 0 Å². The van der Waals surface area contributed by atoms with Gasteiger partial charge in [-0.3, -0.25) is 0 Å². The second-order valence-electron chi connectivity index (χ2n) is 2.68. The molecule has 0 aliphatic carbocycles. The fourth-order valence-corrected chi connectivity index (χ4v) is 1.29. The van der Waals surface area contributed by atoms with Crippen LogP contribution in [0.1, 0.15) is 19.3 Å². The van der Waals surface area contributed by atoms with Crippen molar-refractivity contribution in [3.63, 3.8) is 0 Å². The van der Waals surface area contributed by atoms with Crippen LogP contribution in [0.25, 0.3) is 0 Å². The number of carbonyl (C=O) groups excluding carboxylic acids is 1. The minimum atomic E-state index is -1.27. The highest BCUT2D eigenvalue weighted by Gasteiger charge is 2.18. The maximum atomic E-state index is 12.4. The van der Waals surface area contributed by atoms with E-state index in [0.29, 0.717) is 12.7 Å². The van der Waals surface area contributed by atoms with Crippen LogP contribution in [0.15, 0.2) is 0 Å². The van der Waals surface area contributed by atoms with Crippen molar-refractivity contribution >= 4 is 6.29 Å². The number of carbonyl (C=O) groups is 1. The summed E-state index contributed by atoms with van der Waals surface area (Å²) in [5.74, 6) is 0. The molecule has 0 radical (unpaired) electrons. The molecule has 0 aromatic carbocycles. The molecular formula is C7H12FNO. The standard InChI is InChI=1S/C7H12FNO/c8-6(5-10)4-7-2-1-3-9-7/h5-7,9H,1-4H2. The van der Waals surface area contributed by atoms with Crippen molar-refractivity contribution in [2.75, 3.05) is 6.54 Å². The van der Waals surface area contributed by atoms with E-state index in [9.17, 15) is 9.18 Å². The molecule has 58 valence electrons. The Hall–Kier alpha value is -0.440. The van der Waals surface area contributed by atoms with Crippen molar-refractivity contribution < 1.29 is 9.18 Å². The second-order valence-corrected chi connectivity index (χ2v) is 2.68. The van der Waals surface area contributed by atoms with E-state index in [0.717, 1.165) is 19.4 Å². The van der Waals surface area contributed by atoms with Crippen molar-refractivity contribution in [3.05, 3.63) is 0 Å². The summed E-state index contributed by atoms with van der Waals surface area (Å²) in [6.07, 6.45) is 1.57. The molecule has 1 aliphatic rings. The molecule has 0 spiro atoms. The lowest BCUT2D eigenvalue weighted by molar-refractivity contribution is -0.112. The van der Waals surface area contributed by atoms with E-state index in [1.165, 1.54) is 0 Å². The van der Waals surface area contributed by atoms with Crippen molar-refractivity contribution in [2.45, 2.75) is 31.5 Å². The van der Waals surface area contributed by atoms with Gasteiger partial charge in [0.2, 0.25) is 0 Å². The minimum absolute atomic E-state index is 0.236. The van der Waals surface area contributed by atoms with Crippen LogP contribution in [0.3, 0.4) is 0 Å². The Labute approximate surface area is 59.8 Å². The Morgan fingerprint density at radius 1 is 1.80 bits per heavy atom. The normalized spacial score (nSPS) is 28.3. The van der Waals surface area contributed by atoms with E-state index >= 15 is 0 Å². The molecule has 10 heavy (non-hydrogen) atoms. The minimum Gasteiger partial charge on any atom is -0.314 e. The molecule has 0 aromatic rings. The lowest BCUT2D eigenvalue weighted by Crippen LogP contribution is -2.25. The molecule has 1 heterocycles. The van der Waals surface area contributed by atoms with Crippen LogP contribution in [-0.2, 0) is 4.79 Å². The largest absolute Gasteiger partial charge is 0.314 e. The Balaban J connectivity index is 2.17. The summed E-state index contributed by atoms with van der Waals surface area (Å²) >= 11 is 0. The van der Waals surface area contributed by atoms with Gasteiger partial charge in [0, 0.05) is 12.5 Å². The molecule has 1 N–H and O–H groups in total. The highest BCUT2D eigenvalue weighted by atomic mass is 19.1. The SMILES string of the molecule is O=CC(F)CC1CCCN1. The summed E-state index contributed by atoms with van der Waals surface area (Å²) in [7, 11) is 0. The Kier molecular flexibility index (Phi) is 2.81. The maximum absolute atomic E-state index is 12.4. The first-order valence-corrected chi connectivity index (χ1v) is 3.65. The van der Waals surface area contributed by atoms with Crippen molar-refractivity contribution in [1.29, 1.82) is 0 Å². The van der Waals surface area contributed by atoms with E-state index in [2.05, 4.69) is 5.32 Å². The monoisotopic (exact) mass is 145 g/mol. The Bertz CT molecular complexity index is 112. The number of aldehydes is 1. The van der Waals surface area contributed by atoms with Crippen LogP contribution in [0, 0.1) is 0 Å². The average molecular weight is 145 g/mol. The number of alkyl halides is 1. The van der Waals surface area contributed by atoms with E-state index in [1.54, 1.807) is 0 Å². The zero-order valence-electron chi connectivity index (χ0n) is 5.85. The molecular weight excluding hydrogens is 133 g/mol. The van der Waals surface area contributed by atoms with Gasteiger partial charge >= 0.3 is 0 Å². The fourth-order valence-electron chi connectivity index (χ4n) is 1.29. The van der Waals surface area contributed by atoms with Gasteiger partial charge in [0.05, 0.1) is 0 Å². The van der Waals surface area contributed by atoms with E-state index < -0.39 is 6.17 Å². The van der Waals surface area contributed by atoms with Gasteiger partial charge < -0.3 is 10.1 Å². The predicted octanol–water partition coefficient (Wildman–Crippen LogP) is 0.665. The summed E-state index contributed by atoms with van der Waals surface area (Å²) in [5, 5.41) is 3.12. The first-order chi connectivity index (χ1) is 4.83. The second kappa shape index (κ2) is 3.66. The van der Waals surface area contributed by atoms with Crippen molar-refractivity contribution in [1.82, 2.24) is 5.32 Å². The van der Waals surface area contributed by atoms with Crippen molar-refractivity contribution in [3.8, 4) is 0 Å². The summed E-state index contributed by atoms with van der Waals surface area (Å²) in [4.78, 5) is 9.89. The Morgan fingerprint density at radius 2 is 2.60 bits per heavy atom. The number of hydrogen-bond acceptors (Lipinski definition) is 2. The molecule has 3 heteroatoms. The molecule has 2 unspecified atom stereocenters. The van der Waals surface area contributed by atoms with Crippen molar-refractivity contribution in [2.24, 2.45) is 0 Å². The van der Waals surface area contributed by atoms with E-state index in [1.807, 2.05) is 0 Å². The summed E-state index contributed by atoms with van der Waals surface area (Å²) in [6.45, 7) is 0.968. The van der Waals surface area contributed by atoms with Crippen LogP contribution in [0.4, 0.5) is 4.39 Å². The lowest BCUT2D eigenvalue weighted by atomic mass is 10.1. The van der Waals surface area contributed by atoms with Gasteiger partial charge in [-0.15, -0.1) is 0 Å². The quantitative estimate of drug-likeness (QED) is 0.591. The van der Waals surface area contributed by atoms with Gasteiger partial charge in [0.15, 0.2) is 12.5 Å². The summed E-state index contributed by atoms with van der Waals surface area (Å²) in [5.41, 5.74) is 0. The van der Waals surface area contributed by atoms with Gasteiger partial charge in [-0.1, -0.05) is 0 Å². The molecule has 1 saturated heterocycles. The molecule has 0 saturated carbocycles. The molecule has 2 nitrogen and oxygen atoms in total. The van der Waals surface area contributed by atoms with Crippen LogP contribution in [0.5, 0.6) is 0 Å². The molecule has 0 aromatic heterocycles. The maximum Gasteiger partial charge on any atom is 0.157 e. The zero-order chi connectivity index (χ0) is 7.40. The fraction of sp³-hybridized carbons (Fsp3) is 0.857. The lowest BCUT2D eigenvalue weighted by Gasteiger charge is -2.08. The van der Waals surface area contributed by atoms with Gasteiger partial charge in [-0.2, -0.15) is 0 Å². The topological polar surface area (TPSA) is 29.1 Å². The molecule has 2 atom stereocenters. The third-order valence-corrected chi connectivity index (χ3v) is 1.82. The van der Waals surface area contributed by atoms with Gasteiger partial charge in [0.25, 0.3) is 0 Å². The third-order valence-electron chi connectivity index (χ3n) is 1.82. The van der Waals surface area contributed by atoms with Crippen LogP contribution >= 0.6 is 0 Å². The molecule has 0 bridgehead atoms. The van der Waals surface area contributed by atoms with E-state index in [-0.39, 0.29) is 6.04 Å². The molecule has 0 amide bonds. The molecule has 1 aliphatic heterocycles. The molecule has 1 fully saturated rings. The summed E-state index contributed by atoms with van der Waals surface area (Å²) in [6, 6.07) is 0.236. The first-order valence-electron chi connectivity index (χ1n) is 3.65.